The average Bonchev–Trinajstić information content (AvgIpc) is 3.91. The first-order chi connectivity index (χ1) is 27.8. The van der Waals surface area contributed by atoms with E-state index < -0.39 is 63.9 Å². The number of hydrogen-bond acceptors (Lipinski definition) is 12. The summed E-state index contributed by atoms with van der Waals surface area (Å²) in [6.07, 6.45) is 0.401. The molecule has 0 aliphatic carbocycles. The van der Waals surface area contributed by atoms with E-state index in [0.29, 0.717) is 61.8 Å². The van der Waals surface area contributed by atoms with Gasteiger partial charge in [-0.15, -0.1) is 5.06 Å². The van der Waals surface area contributed by atoms with Crippen LogP contribution < -0.4 is 5.32 Å². The third kappa shape index (κ3) is 8.83. The minimum Gasteiger partial charge on any atom is -0.461 e. The summed E-state index contributed by atoms with van der Waals surface area (Å²) in [4.78, 5) is 99.4. The minimum absolute atomic E-state index is 0.0467. The molecule has 3 aromatic rings. The van der Waals surface area contributed by atoms with Gasteiger partial charge in [0.1, 0.15) is 6.61 Å². The molecule has 6 rings (SSSR count). The van der Waals surface area contributed by atoms with E-state index in [0.717, 1.165) is 5.69 Å². The van der Waals surface area contributed by atoms with Gasteiger partial charge in [-0.25, -0.2) is 4.79 Å². The van der Waals surface area contributed by atoms with Crippen LogP contribution in [-0.4, -0.2) is 85.7 Å². The van der Waals surface area contributed by atoms with E-state index >= 15 is 0 Å². The van der Waals surface area contributed by atoms with Crippen molar-refractivity contribution in [2.45, 2.75) is 111 Å². The van der Waals surface area contributed by atoms with Crippen LogP contribution in [0.2, 0.25) is 0 Å². The molecule has 59 heavy (non-hydrogen) atoms. The molecule has 8 bridgehead atoms. The number of aromatic nitrogens is 4. The molecule has 4 atom stereocenters. The maximum absolute atomic E-state index is 14.1. The Morgan fingerprint density at radius 1 is 0.881 bits per heavy atom. The molecule has 3 amide bonds. The summed E-state index contributed by atoms with van der Waals surface area (Å²) in [6.45, 7) is 11.5. The molecule has 0 spiro atoms. The Hall–Kier alpha value is -5.75. The number of ether oxygens (including phenoxy) is 1. The quantitative estimate of drug-likeness (QED) is 0.0775. The second kappa shape index (κ2) is 16.8. The van der Waals surface area contributed by atoms with Gasteiger partial charge in [0.2, 0.25) is 0 Å². The van der Waals surface area contributed by atoms with E-state index in [2.05, 4.69) is 22.2 Å². The number of nitrogens with zero attached hydrogens (tertiary/aromatic N) is 3. The molecule has 3 aliphatic heterocycles. The van der Waals surface area contributed by atoms with Gasteiger partial charge in [-0.05, 0) is 62.9 Å². The second-order valence-electron chi connectivity index (χ2n) is 15.3. The summed E-state index contributed by atoms with van der Waals surface area (Å²) in [7, 11) is -4.41. The number of carbonyl (C=O) groups is 6. The Bertz CT molecular complexity index is 2540. The molecule has 314 valence electrons. The van der Waals surface area contributed by atoms with Crippen LogP contribution in [0.3, 0.4) is 0 Å². The average molecular weight is 833 g/mol. The van der Waals surface area contributed by atoms with Crippen LogP contribution in [0.4, 0.5) is 0 Å². The maximum Gasteiger partial charge on any atom is 0.333 e. The molecule has 4 N–H and O–H groups in total. The molecule has 17 nitrogen and oxygen atoms in total. The number of aromatic amines is 2. The van der Waals surface area contributed by atoms with Crippen molar-refractivity contribution in [2.75, 3.05) is 12.3 Å². The van der Waals surface area contributed by atoms with Crippen LogP contribution in [0, 0.1) is 13.8 Å². The third-order valence-electron chi connectivity index (χ3n) is 11.4. The van der Waals surface area contributed by atoms with Crippen LogP contribution in [0.5, 0.6) is 0 Å². The number of nitrogens with one attached hydrogen (secondary N) is 3. The number of fused-ring (bicyclic) bond motifs is 8. The van der Waals surface area contributed by atoms with Crippen LogP contribution in [0.15, 0.2) is 18.2 Å². The van der Waals surface area contributed by atoms with Gasteiger partial charge in [0.05, 0.1) is 28.0 Å². The molecule has 6 heterocycles. The molecule has 0 aromatic carbocycles. The van der Waals surface area contributed by atoms with Crippen LogP contribution >= 0.6 is 0 Å². The van der Waals surface area contributed by atoms with Gasteiger partial charge >= 0.3 is 11.9 Å². The lowest BCUT2D eigenvalue weighted by molar-refractivity contribution is -0.197. The summed E-state index contributed by atoms with van der Waals surface area (Å²) in [5, 5.41) is 3.06. The van der Waals surface area contributed by atoms with Crippen molar-refractivity contribution in [1.29, 1.82) is 0 Å². The number of ketones is 1. The zero-order chi connectivity index (χ0) is 43.1. The predicted molar refractivity (Wildman–Crippen MR) is 214 cm³/mol. The van der Waals surface area contributed by atoms with Crippen molar-refractivity contribution in [3.63, 3.8) is 0 Å². The Kier molecular flexibility index (Phi) is 12.2. The maximum atomic E-state index is 14.1. The summed E-state index contributed by atoms with van der Waals surface area (Å²) in [5.41, 5.74) is 6.26. The van der Waals surface area contributed by atoms with E-state index in [9.17, 15) is 41.7 Å². The zero-order valence-electron chi connectivity index (χ0n) is 34.0. The normalized spacial score (nSPS) is 19.2. The Balaban J connectivity index is 1.67. The highest BCUT2D eigenvalue weighted by Gasteiger charge is 2.36. The Labute approximate surface area is 340 Å². The van der Waals surface area contributed by atoms with Crippen molar-refractivity contribution >= 4 is 67.6 Å². The number of Topliss-reactive ketones (excluding diaryl/α,β-unsaturated/α-hetero) is 1. The summed E-state index contributed by atoms with van der Waals surface area (Å²) in [5.74, 6) is -5.39. The third-order valence-corrected chi connectivity index (χ3v) is 12.1. The number of imide groups is 1. The fraction of sp³-hybridized carbons (Fsp3) is 0.463. The van der Waals surface area contributed by atoms with E-state index in [1.54, 1.807) is 6.92 Å². The summed E-state index contributed by atoms with van der Waals surface area (Å²) < 4.78 is 38.1. The molecular formula is C41H48N6O11S. The molecule has 3 aromatic heterocycles. The number of hydroxylamine groups is 2. The van der Waals surface area contributed by atoms with Gasteiger partial charge in [-0.2, -0.15) is 8.42 Å². The van der Waals surface area contributed by atoms with Crippen molar-refractivity contribution in [1.82, 2.24) is 30.3 Å². The van der Waals surface area contributed by atoms with E-state index in [1.807, 2.05) is 39.0 Å². The zero-order valence-corrected chi connectivity index (χ0v) is 34.8. The first-order valence-corrected chi connectivity index (χ1v) is 21.1. The summed E-state index contributed by atoms with van der Waals surface area (Å²) in [6, 6.07) is 5.53. The number of aryl methyl sites for hydroxylation is 2. The highest BCUT2D eigenvalue weighted by Crippen LogP contribution is 2.44. The van der Waals surface area contributed by atoms with Gasteiger partial charge < -0.3 is 24.9 Å². The van der Waals surface area contributed by atoms with E-state index in [-0.39, 0.29) is 66.6 Å². The molecule has 3 aliphatic rings. The number of carbonyl (C=O) groups excluding carboxylic acids is 6. The van der Waals surface area contributed by atoms with Crippen LogP contribution in [-0.2, 0) is 45.5 Å². The number of rotatable bonds is 12. The smallest absolute Gasteiger partial charge is 0.333 e. The molecule has 1 fully saturated rings. The standard InChI is InChI=1S/C41H48N6O11S/c1-8-25-19(2)28-17-33-37(23(6)48)21(4)30(44-33)15-29-20(3)26(9-12-36(52)58-47-34(50)10-11-35(47)51)39(45-29)27(18-57-24(7)49)40-38(41(53)42-13-14-59(54,55)56)22(5)31(46-40)16-32(25)43-28/h15-17,19-20,25-26,44,46H,8-14,18H2,1-7H3,(H,42,53)(H,54,55,56)/t19?,20?,25-,26+/m1/s1. The minimum atomic E-state index is -4.41. The van der Waals surface area contributed by atoms with Crippen LogP contribution in [0.1, 0.15) is 151 Å². The van der Waals surface area contributed by atoms with Gasteiger partial charge in [-0.1, -0.05) is 20.8 Å². The number of amides is 3. The molecule has 18 heteroatoms. The van der Waals surface area contributed by atoms with Gasteiger partial charge in [0.25, 0.3) is 27.8 Å². The van der Waals surface area contributed by atoms with Gasteiger partial charge in [-0.3, -0.25) is 38.5 Å². The Morgan fingerprint density at radius 2 is 1.47 bits per heavy atom. The lowest BCUT2D eigenvalue weighted by Crippen LogP contribution is -2.32. The first kappa shape index (κ1) is 42.8. The highest BCUT2D eigenvalue weighted by molar-refractivity contribution is 7.85. The van der Waals surface area contributed by atoms with Crippen molar-refractivity contribution < 1.29 is 51.3 Å². The van der Waals surface area contributed by atoms with Crippen LogP contribution in [0.25, 0.3) is 22.1 Å². The monoisotopic (exact) mass is 832 g/mol. The fourth-order valence-corrected chi connectivity index (χ4v) is 8.59. The Morgan fingerprint density at radius 3 is 2.10 bits per heavy atom. The molecule has 1 saturated heterocycles. The number of hydrogen-bond donors (Lipinski definition) is 4. The number of H-pyrrole nitrogens is 2. The van der Waals surface area contributed by atoms with Crippen molar-refractivity contribution in [3.8, 4) is 0 Å². The van der Waals surface area contributed by atoms with Crippen molar-refractivity contribution in [2.24, 2.45) is 0 Å². The number of esters is 1. The SMILES string of the molecule is CC[C@H]1c2cc3[nH]c(c(COC(C)=O)c4nc(cc5[nH]c(cc(n2)C1C)c(C(C)=O)c5C)C(C)[C@@H]4CCC(=O)ON1C(=O)CCC1=O)c(C(=O)NCCS(=O)(=O)O)c3C. The molecule has 2 unspecified atom stereocenters. The van der Waals surface area contributed by atoms with Gasteiger partial charge in [0, 0.05) is 95.6 Å². The predicted octanol–water partition coefficient (Wildman–Crippen LogP) is 5.39. The molecule has 0 radical (unpaired) electrons. The first-order valence-electron chi connectivity index (χ1n) is 19.5. The topological polar surface area (TPSA) is 248 Å². The highest BCUT2D eigenvalue weighted by atomic mass is 32.2. The van der Waals surface area contributed by atoms with Gasteiger partial charge in [0.15, 0.2) is 5.78 Å². The van der Waals surface area contributed by atoms with E-state index in [4.69, 9.17) is 19.5 Å². The lowest BCUT2D eigenvalue weighted by Gasteiger charge is -2.19. The lowest BCUT2D eigenvalue weighted by atomic mass is 9.85. The molecule has 0 saturated carbocycles. The molecular weight excluding hydrogens is 785 g/mol. The van der Waals surface area contributed by atoms with E-state index in [1.165, 1.54) is 13.8 Å². The van der Waals surface area contributed by atoms with Crippen molar-refractivity contribution in [3.05, 3.63) is 68.8 Å². The largest absolute Gasteiger partial charge is 0.461 e. The fourth-order valence-electron chi connectivity index (χ4n) is 8.23. The summed E-state index contributed by atoms with van der Waals surface area (Å²) >= 11 is 0. The second-order valence-corrected chi connectivity index (χ2v) is 16.9.